The van der Waals surface area contributed by atoms with Crippen LogP contribution in [0.1, 0.15) is 13.8 Å². The number of ether oxygens (including phenoxy) is 5. The van der Waals surface area contributed by atoms with E-state index in [9.17, 15) is 18.0 Å². The Balaban J connectivity index is 1.73. The molecule has 27 heavy (non-hydrogen) atoms. The van der Waals surface area contributed by atoms with E-state index in [2.05, 4.69) is 0 Å². The number of benzene rings is 1. The summed E-state index contributed by atoms with van der Waals surface area (Å²) in [6, 6.07) is 7.93. The van der Waals surface area contributed by atoms with Crippen molar-refractivity contribution in [2.24, 2.45) is 0 Å². The van der Waals surface area contributed by atoms with Crippen LogP contribution in [0.2, 0.25) is 0 Å². The zero-order valence-electron chi connectivity index (χ0n) is 14.8. The van der Waals surface area contributed by atoms with Crippen molar-refractivity contribution >= 4 is 21.8 Å². The van der Waals surface area contributed by atoms with Crippen molar-refractivity contribution < 1.29 is 41.7 Å². The summed E-state index contributed by atoms with van der Waals surface area (Å²) < 4.78 is 51.9. The Hall–Kier alpha value is -2.01. The Kier molecular flexibility index (Phi) is 5.80. The van der Waals surface area contributed by atoms with Crippen molar-refractivity contribution in [3.05, 3.63) is 30.3 Å². The highest BCUT2D eigenvalue weighted by molar-refractivity contribution is 7.91. The van der Waals surface area contributed by atoms with Gasteiger partial charge >= 0.3 is 11.9 Å². The lowest BCUT2D eigenvalue weighted by atomic mass is 10.1. The quantitative estimate of drug-likeness (QED) is 0.649. The molecule has 2 aliphatic rings. The molecule has 1 aromatic carbocycles. The number of fused-ring (bicyclic) bond motifs is 1. The van der Waals surface area contributed by atoms with Crippen LogP contribution in [0.25, 0.3) is 0 Å². The van der Waals surface area contributed by atoms with Crippen molar-refractivity contribution in [1.29, 1.82) is 0 Å². The van der Waals surface area contributed by atoms with Crippen LogP contribution in [-0.2, 0) is 43.1 Å². The second-order valence-electron chi connectivity index (χ2n) is 6.18. The molecule has 9 nitrogen and oxygen atoms in total. The average Bonchev–Trinajstić information content (AvgIpc) is 2.91. The molecule has 0 N–H and O–H groups in total. The lowest BCUT2D eigenvalue weighted by molar-refractivity contribution is -0.241. The molecular formula is C17H20O9S. The van der Waals surface area contributed by atoms with Crippen molar-refractivity contribution in [2.75, 3.05) is 12.4 Å². The van der Waals surface area contributed by atoms with E-state index in [1.807, 2.05) is 0 Å². The molecular weight excluding hydrogens is 380 g/mol. The number of hydrogen-bond donors (Lipinski definition) is 0. The van der Waals surface area contributed by atoms with Gasteiger partial charge in [0.2, 0.25) is 6.29 Å². The standard InChI is InChI=1S/C17H20O9S/c1-10(18)23-16-15-13(25-17(16)24-11(2)19)8-22-14(26-15)9-27(20,21)12-6-4-3-5-7-12/h3-7,13-17H,8-9H2,1-2H3/t13-,14-,15+,16-,17-/m1/s1. The molecule has 2 heterocycles. The second-order valence-corrected chi connectivity index (χ2v) is 8.22. The third-order valence-electron chi connectivity index (χ3n) is 4.06. The summed E-state index contributed by atoms with van der Waals surface area (Å²) in [5, 5.41) is 0. The van der Waals surface area contributed by atoms with E-state index in [0.717, 1.165) is 0 Å². The van der Waals surface area contributed by atoms with Crippen LogP contribution < -0.4 is 0 Å². The van der Waals surface area contributed by atoms with Crippen molar-refractivity contribution in [2.45, 2.75) is 49.6 Å². The van der Waals surface area contributed by atoms with E-state index in [1.54, 1.807) is 18.2 Å². The van der Waals surface area contributed by atoms with Crippen LogP contribution in [0.5, 0.6) is 0 Å². The molecule has 0 amide bonds. The fourth-order valence-electron chi connectivity index (χ4n) is 2.97. The minimum Gasteiger partial charge on any atom is -0.453 e. The highest BCUT2D eigenvalue weighted by Gasteiger charge is 2.53. The topological polar surface area (TPSA) is 114 Å². The van der Waals surface area contributed by atoms with Crippen LogP contribution in [0.4, 0.5) is 0 Å². The Morgan fingerprint density at radius 3 is 2.37 bits per heavy atom. The predicted octanol–water partition coefficient (Wildman–Crippen LogP) is 0.421. The molecule has 0 aromatic heterocycles. The number of esters is 2. The normalized spacial score (nSPS) is 30.4. The van der Waals surface area contributed by atoms with Crippen molar-refractivity contribution in [1.82, 2.24) is 0 Å². The van der Waals surface area contributed by atoms with Gasteiger partial charge in [-0.2, -0.15) is 0 Å². The summed E-state index contributed by atoms with van der Waals surface area (Å²) in [7, 11) is -3.65. The van der Waals surface area contributed by atoms with E-state index >= 15 is 0 Å². The zero-order valence-corrected chi connectivity index (χ0v) is 15.6. The number of sulfone groups is 1. The second kappa shape index (κ2) is 7.93. The number of carbonyl (C=O) groups is 2. The highest BCUT2D eigenvalue weighted by Crippen LogP contribution is 2.32. The van der Waals surface area contributed by atoms with Gasteiger partial charge < -0.3 is 23.7 Å². The van der Waals surface area contributed by atoms with Gasteiger partial charge in [-0.1, -0.05) is 18.2 Å². The van der Waals surface area contributed by atoms with Gasteiger partial charge in [-0.05, 0) is 12.1 Å². The average molecular weight is 400 g/mol. The molecule has 5 atom stereocenters. The van der Waals surface area contributed by atoms with E-state index in [1.165, 1.54) is 26.0 Å². The van der Waals surface area contributed by atoms with E-state index in [0.29, 0.717) is 0 Å². The molecule has 3 rings (SSSR count). The lowest BCUT2D eigenvalue weighted by Crippen LogP contribution is -2.49. The maximum absolute atomic E-state index is 12.5. The van der Waals surface area contributed by atoms with Gasteiger partial charge in [0.25, 0.3) is 0 Å². The Morgan fingerprint density at radius 1 is 1.07 bits per heavy atom. The van der Waals surface area contributed by atoms with Gasteiger partial charge in [-0.3, -0.25) is 9.59 Å². The molecule has 0 unspecified atom stereocenters. The molecule has 2 fully saturated rings. The van der Waals surface area contributed by atoms with Gasteiger partial charge in [0.1, 0.15) is 18.0 Å². The van der Waals surface area contributed by atoms with Crippen LogP contribution in [-0.4, -0.2) is 63.6 Å². The van der Waals surface area contributed by atoms with Crippen LogP contribution in [0.15, 0.2) is 35.2 Å². The fraction of sp³-hybridized carbons (Fsp3) is 0.529. The third-order valence-corrected chi connectivity index (χ3v) is 5.77. The Labute approximate surface area is 156 Å². The number of carbonyl (C=O) groups excluding carboxylic acids is 2. The smallest absolute Gasteiger partial charge is 0.305 e. The minimum atomic E-state index is -3.65. The molecule has 0 bridgehead atoms. The fourth-order valence-corrected chi connectivity index (χ4v) is 4.27. The summed E-state index contributed by atoms with van der Waals surface area (Å²) in [5.74, 6) is -1.63. The van der Waals surface area contributed by atoms with Gasteiger partial charge in [-0.15, -0.1) is 0 Å². The van der Waals surface area contributed by atoms with Gasteiger partial charge in [0.05, 0.1) is 11.5 Å². The summed E-state index contributed by atoms with van der Waals surface area (Å²) in [4.78, 5) is 22.8. The monoisotopic (exact) mass is 400 g/mol. The molecule has 2 saturated heterocycles. The first-order valence-electron chi connectivity index (χ1n) is 8.31. The summed E-state index contributed by atoms with van der Waals surface area (Å²) in [6.07, 6.45) is -4.71. The molecule has 0 saturated carbocycles. The number of hydrogen-bond acceptors (Lipinski definition) is 9. The zero-order chi connectivity index (χ0) is 19.6. The van der Waals surface area contributed by atoms with Gasteiger partial charge in [-0.25, -0.2) is 8.42 Å². The molecule has 0 radical (unpaired) electrons. The summed E-state index contributed by atoms with van der Waals surface area (Å²) in [6.45, 7) is 2.41. The minimum absolute atomic E-state index is 0.00910. The van der Waals surface area contributed by atoms with E-state index in [-0.39, 0.29) is 11.5 Å². The van der Waals surface area contributed by atoms with Gasteiger partial charge in [0, 0.05) is 13.8 Å². The van der Waals surface area contributed by atoms with Crippen molar-refractivity contribution in [3.63, 3.8) is 0 Å². The maximum Gasteiger partial charge on any atom is 0.305 e. The van der Waals surface area contributed by atoms with Crippen LogP contribution in [0, 0.1) is 0 Å². The van der Waals surface area contributed by atoms with Crippen LogP contribution >= 0.6 is 0 Å². The summed E-state index contributed by atoms with van der Waals surface area (Å²) in [5.41, 5.74) is 0. The first-order valence-corrected chi connectivity index (χ1v) is 9.96. The summed E-state index contributed by atoms with van der Waals surface area (Å²) >= 11 is 0. The van der Waals surface area contributed by atoms with Crippen LogP contribution in [0.3, 0.4) is 0 Å². The van der Waals surface area contributed by atoms with E-state index in [4.69, 9.17) is 23.7 Å². The molecule has 148 valence electrons. The van der Waals surface area contributed by atoms with Gasteiger partial charge in [0.15, 0.2) is 22.2 Å². The molecule has 2 aliphatic heterocycles. The Bertz CT molecular complexity index is 792. The van der Waals surface area contributed by atoms with Crippen molar-refractivity contribution in [3.8, 4) is 0 Å². The largest absolute Gasteiger partial charge is 0.453 e. The third kappa shape index (κ3) is 4.64. The first-order chi connectivity index (χ1) is 12.8. The molecule has 10 heteroatoms. The van der Waals surface area contributed by atoms with E-state index < -0.39 is 58.4 Å². The maximum atomic E-state index is 12.5. The molecule has 1 aromatic rings. The Morgan fingerprint density at radius 2 is 1.74 bits per heavy atom. The SMILES string of the molecule is CC(=O)O[C@@H]1O[C@@H]2CO[C@@H](CS(=O)(=O)c3ccccc3)O[C@@H]2[C@H]1OC(C)=O. The first kappa shape index (κ1) is 19.7. The molecule has 0 aliphatic carbocycles. The predicted molar refractivity (Wildman–Crippen MR) is 89.1 cm³/mol. The number of rotatable bonds is 5. The highest BCUT2D eigenvalue weighted by atomic mass is 32.2. The molecule has 0 spiro atoms. The lowest BCUT2D eigenvalue weighted by Gasteiger charge is -2.32.